The first-order valence-electron chi connectivity index (χ1n) is 9.56. The minimum absolute atomic E-state index is 0.0817. The highest BCUT2D eigenvalue weighted by atomic mass is 16.5. The summed E-state index contributed by atoms with van der Waals surface area (Å²) in [6.07, 6.45) is 6.92. The molecule has 1 aromatic carbocycles. The number of ether oxygens (including phenoxy) is 2. The lowest BCUT2D eigenvalue weighted by Gasteiger charge is -2.07. The highest BCUT2D eigenvalue weighted by molar-refractivity contribution is 5.89. The maximum atomic E-state index is 11.9. The molecule has 7 nitrogen and oxygen atoms in total. The molecule has 4 N–H and O–H groups in total. The number of carbonyl (C=O) groups is 2. The number of rotatable bonds is 13. The Hall–Kier alpha value is -2.57. The molecular weight excluding hydrogens is 346 g/mol. The van der Waals surface area contributed by atoms with Crippen molar-refractivity contribution in [1.29, 1.82) is 0 Å². The Morgan fingerprint density at radius 1 is 0.963 bits per heavy atom. The Morgan fingerprint density at radius 2 is 1.67 bits per heavy atom. The van der Waals surface area contributed by atoms with E-state index in [-0.39, 0.29) is 17.9 Å². The molecule has 0 bridgehead atoms. The number of guanidine groups is 1. The fraction of sp³-hybridized carbons (Fsp3) is 0.550. The van der Waals surface area contributed by atoms with Gasteiger partial charge >= 0.3 is 11.9 Å². The van der Waals surface area contributed by atoms with E-state index in [9.17, 15) is 9.59 Å². The topological polar surface area (TPSA) is 117 Å². The van der Waals surface area contributed by atoms with Crippen LogP contribution in [0.5, 0.6) is 5.75 Å². The zero-order chi connectivity index (χ0) is 19.9. The zero-order valence-corrected chi connectivity index (χ0v) is 16.1. The molecule has 0 heterocycles. The fourth-order valence-corrected chi connectivity index (χ4v) is 2.38. The first kappa shape index (κ1) is 22.5. The molecule has 0 aromatic heterocycles. The molecule has 0 saturated carbocycles. The normalized spacial score (nSPS) is 10.3. The van der Waals surface area contributed by atoms with E-state index in [0.717, 1.165) is 38.5 Å². The summed E-state index contributed by atoms with van der Waals surface area (Å²) in [5.74, 6) is -0.161. The molecule has 0 aliphatic rings. The summed E-state index contributed by atoms with van der Waals surface area (Å²) in [6.45, 7) is 3.13. The van der Waals surface area contributed by atoms with Crippen LogP contribution in [0.3, 0.4) is 0 Å². The monoisotopic (exact) mass is 377 g/mol. The number of esters is 2. The molecule has 0 aliphatic heterocycles. The molecule has 1 rings (SSSR count). The van der Waals surface area contributed by atoms with Crippen molar-refractivity contribution < 1.29 is 19.1 Å². The van der Waals surface area contributed by atoms with Crippen LogP contribution in [-0.4, -0.2) is 31.0 Å². The van der Waals surface area contributed by atoms with Crippen LogP contribution in [0.15, 0.2) is 29.3 Å². The summed E-state index contributed by atoms with van der Waals surface area (Å²) in [6, 6.07) is 6.41. The van der Waals surface area contributed by atoms with E-state index >= 15 is 0 Å². The van der Waals surface area contributed by atoms with E-state index in [4.69, 9.17) is 20.9 Å². The SMILES string of the molecule is CCCCCCOC(=O)c1ccc(OC(=O)CCCCCN=C(N)N)cc1. The summed E-state index contributed by atoms with van der Waals surface area (Å²) >= 11 is 0. The molecule has 0 aliphatic carbocycles. The van der Waals surface area contributed by atoms with Crippen LogP contribution >= 0.6 is 0 Å². The molecular formula is C20H31N3O4. The lowest BCUT2D eigenvalue weighted by atomic mass is 10.2. The minimum Gasteiger partial charge on any atom is -0.462 e. The number of benzene rings is 1. The standard InChI is InChI=1S/C20H31N3O4/c1-2-3-4-8-15-26-19(25)16-10-12-17(13-11-16)27-18(24)9-6-5-7-14-23-20(21)22/h10-13H,2-9,14-15H2,1H3,(H4,21,22,23). The second-order valence-electron chi connectivity index (χ2n) is 6.31. The molecule has 0 saturated heterocycles. The molecule has 0 atom stereocenters. The van der Waals surface area contributed by atoms with Crippen molar-refractivity contribution in [2.75, 3.05) is 13.2 Å². The van der Waals surface area contributed by atoms with Crippen LogP contribution in [0.25, 0.3) is 0 Å². The van der Waals surface area contributed by atoms with Gasteiger partial charge in [0.05, 0.1) is 12.2 Å². The van der Waals surface area contributed by atoms with E-state index in [1.54, 1.807) is 24.3 Å². The van der Waals surface area contributed by atoms with E-state index in [1.165, 1.54) is 0 Å². The molecule has 0 amide bonds. The Labute approximate surface area is 161 Å². The number of hydrogen-bond acceptors (Lipinski definition) is 5. The van der Waals surface area contributed by atoms with Gasteiger partial charge in [-0.15, -0.1) is 0 Å². The summed E-state index contributed by atoms with van der Waals surface area (Å²) in [5.41, 5.74) is 10.9. The van der Waals surface area contributed by atoms with Crippen molar-refractivity contribution in [3.63, 3.8) is 0 Å². The van der Waals surface area contributed by atoms with Crippen LogP contribution in [0, 0.1) is 0 Å². The van der Waals surface area contributed by atoms with Gasteiger partial charge in [0, 0.05) is 13.0 Å². The smallest absolute Gasteiger partial charge is 0.338 e. The third-order valence-electron chi connectivity index (χ3n) is 3.89. The third-order valence-corrected chi connectivity index (χ3v) is 3.89. The number of aliphatic imine (C=N–C) groups is 1. The summed E-state index contributed by atoms with van der Waals surface area (Å²) in [4.78, 5) is 27.6. The molecule has 7 heteroatoms. The van der Waals surface area contributed by atoms with Crippen molar-refractivity contribution in [3.05, 3.63) is 29.8 Å². The van der Waals surface area contributed by atoms with Crippen molar-refractivity contribution in [2.45, 2.75) is 58.3 Å². The predicted molar refractivity (Wildman–Crippen MR) is 106 cm³/mol. The highest BCUT2D eigenvalue weighted by Gasteiger charge is 2.09. The molecule has 0 radical (unpaired) electrons. The van der Waals surface area contributed by atoms with Crippen LogP contribution in [0.4, 0.5) is 0 Å². The minimum atomic E-state index is -0.356. The van der Waals surface area contributed by atoms with Gasteiger partial charge < -0.3 is 20.9 Å². The zero-order valence-electron chi connectivity index (χ0n) is 16.1. The van der Waals surface area contributed by atoms with Gasteiger partial charge in [-0.25, -0.2) is 4.79 Å². The van der Waals surface area contributed by atoms with Crippen LogP contribution in [0.2, 0.25) is 0 Å². The quantitative estimate of drug-likeness (QED) is 0.179. The van der Waals surface area contributed by atoms with Gasteiger partial charge in [-0.05, 0) is 43.5 Å². The third kappa shape index (κ3) is 10.9. The summed E-state index contributed by atoms with van der Waals surface area (Å²) in [7, 11) is 0. The van der Waals surface area contributed by atoms with E-state index < -0.39 is 0 Å². The van der Waals surface area contributed by atoms with E-state index in [1.807, 2.05) is 0 Å². The van der Waals surface area contributed by atoms with Gasteiger partial charge in [0.15, 0.2) is 5.96 Å². The first-order valence-corrected chi connectivity index (χ1v) is 9.56. The Kier molecular flexibility index (Phi) is 11.3. The van der Waals surface area contributed by atoms with Crippen LogP contribution in [-0.2, 0) is 9.53 Å². The number of nitrogens with zero attached hydrogens (tertiary/aromatic N) is 1. The second-order valence-corrected chi connectivity index (χ2v) is 6.31. The average Bonchev–Trinajstić information content (AvgIpc) is 2.64. The second kappa shape index (κ2) is 13.6. The fourth-order valence-electron chi connectivity index (χ4n) is 2.38. The predicted octanol–water partition coefficient (Wildman–Crippen LogP) is 3.16. The summed E-state index contributed by atoms with van der Waals surface area (Å²) in [5, 5.41) is 0. The van der Waals surface area contributed by atoms with E-state index in [0.29, 0.717) is 37.3 Å². The number of hydrogen-bond donors (Lipinski definition) is 2. The average molecular weight is 377 g/mol. The highest BCUT2D eigenvalue weighted by Crippen LogP contribution is 2.15. The molecule has 0 spiro atoms. The Balaban J connectivity index is 2.25. The van der Waals surface area contributed by atoms with Gasteiger partial charge in [0.25, 0.3) is 0 Å². The molecule has 1 aromatic rings. The van der Waals surface area contributed by atoms with Crippen LogP contribution in [0.1, 0.15) is 68.6 Å². The molecule has 150 valence electrons. The number of nitrogens with two attached hydrogens (primary N) is 2. The maximum absolute atomic E-state index is 11.9. The van der Waals surface area contributed by atoms with E-state index in [2.05, 4.69) is 11.9 Å². The molecule has 27 heavy (non-hydrogen) atoms. The van der Waals surface area contributed by atoms with Crippen molar-refractivity contribution in [1.82, 2.24) is 0 Å². The van der Waals surface area contributed by atoms with Crippen LogP contribution < -0.4 is 16.2 Å². The molecule has 0 unspecified atom stereocenters. The number of unbranched alkanes of at least 4 members (excludes halogenated alkanes) is 5. The molecule has 0 fully saturated rings. The van der Waals surface area contributed by atoms with Gasteiger partial charge in [0.1, 0.15) is 5.75 Å². The lowest BCUT2D eigenvalue weighted by molar-refractivity contribution is -0.134. The van der Waals surface area contributed by atoms with Gasteiger partial charge in [-0.3, -0.25) is 9.79 Å². The van der Waals surface area contributed by atoms with Gasteiger partial charge in [-0.2, -0.15) is 0 Å². The Morgan fingerprint density at radius 3 is 2.33 bits per heavy atom. The van der Waals surface area contributed by atoms with Gasteiger partial charge in [0.2, 0.25) is 0 Å². The van der Waals surface area contributed by atoms with Crippen molar-refractivity contribution in [2.24, 2.45) is 16.5 Å². The lowest BCUT2D eigenvalue weighted by Crippen LogP contribution is -2.22. The Bertz CT molecular complexity index is 596. The van der Waals surface area contributed by atoms with Gasteiger partial charge in [-0.1, -0.05) is 32.6 Å². The van der Waals surface area contributed by atoms with Crippen molar-refractivity contribution >= 4 is 17.9 Å². The maximum Gasteiger partial charge on any atom is 0.338 e. The largest absolute Gasteiger partial charge is 0.462 e. The van der Waals surface area contributed by atoms with Crippen molar-refractivity contribution in [3.8, 4) is 5.75 Å². The first-order chi connectivity index (χ1) is 13.0. The number of carbonyl (C=O) groups excluding carboxylic acids is 2. The summed E-state index contributed by atoms with van der Waals surface area (Å²) < 4.78 is 10.5.